The normalized spacial score (nSPS) is 12.3. The van der Waals surface area contributed by atoms with Crippen LogP contribution in [0.3, 0.4) is 0 Å². The minimum Gasteiger partial charge on any atom is -0.459 e. The van der Waals surface area contributed by atoms with Gasteiger partial charge in [0.15, 0.2) is 5.76 Å². The number of benzene rings is 2. The molecule has 1 N–H and O–H groups in total. The van der Waals surface area contributed by atoms with E-state index in [1.54, 1.807) is 30.3 Å². The average Bonchev–Trinajstić information content (AvgIpc) is 3.20. The predicted octanol–water partition coefficient (Wildman–Crippen LogP) is 4.72. The number of nitrogens with zero attached hydrogens (tertiary/aromatic N) is 1. The molecule has 3 rings (SSSR count). The third-order valence-electron chi connectivity index (χ3n) is 4.18. The Hall–Kier alpha value is -3.41. The van der Waals surface area contributed by atoms with E-state index >= 15 is 0 Å². The average molecular weight is 394 g/mol. The summed E-state index contributed by atoms with van der Waals surface area (Å²) >= 11 is 0. The first-order chi connectivity index (χ1) is 13.8. The summed E-state index contributed by atoms with van der Waals surface area (Å²) in [5, 5.41) is 2.94. The van der Waals surface area contributed by atoms with Gasteiger partial charge in [0, 0.05) is 11.2 Å². The van der Waals surface area contributed by atoms with Gasteiger partial charge in [0.2, 0.25) is 5.91 Å². The fraction of sp³-hybridized carbons (Fsp3) is 0.217. The highest BCUT2D eigenvalue weighted by Crippen LogP contribution is 2.30. The lowest BCUT2D eigenvalue weighted by Gasteiger charge is -2.33. The second-order valence-corrected chi connectivity index (χ2v) is 7.68. The monoisotopic (exact) mass is 394 g/mol. The SMILES string of the molecule is CC(C)(C)NC(=O)C(c1ccccc1)N(C(=O)c1ccco1)c1ccc(F)cc1. The molecule has 0 saturated carbocycles. The molecule has 6 heteroatoms. The van der Waals surface area contributed by atoms with Gasteiger partial charge in [-0.3, -0.25) is 14.5 Å². The van der Waals surface area contributed by atoms with Crippen molar-refractivity contribution in [3.63, 3.8) is 0 Å². The van der Waals surface area contributed by atoms with Crippen LogP contribution in [0.5, 0.6) is 0 Å². The maximum absolute atomic E-state index is 13.5. The topological polar surface area (TPSA) is 62.6 Å². The number of anilines is 1. The van der Waals surface area contributed by atoms with E-state index < -0.39 is 23.3 Å². The Morgan fingerprint density at radius 2 is 1.62 bits per heavy atom. The molecule has 0 spiro atoms. The zero-order valence-corrected chi connectivity index (χ0v) is 16.6. The van der Waals surface area contributed by atoms with Crippen molar-refractivity contribution in [1.82, 2.24) is 5.32 Å². The fourth-order valence-electron chi connectivity index (χ4n) is 3.00. The molecule has 1 unspecified atom stereocenters. The number of hydrogen-bond donors (Lipinski definition) is 1. The largest absolute Gasteiger partial charge is 0.459 e. The van der Waals surface area contributed by atoms with E-state index in [9.17, 15) is 14.0 Å². The third-order valence-corrected chi connectivity index (χ3v) is 4.18. The van der Waals surface area contributed by atoms with Crippen molar-refractivity contribution in [3.05, 3.63) is 90.1 Å². The Balaban J connectivity index is 2.15. The summed E-state index contributed by atoms with van der Waals surface area (Å²) in [5.74, 6) is -1.21. The molecular weight excluding hydrogens is 371 g/mol. The van der Waals surface area contributed by atoms with Crippen molar-refractivity contribution < 1.29 is 18.4 Å². The van der Waals surface area contributed by atoms with Gasteiger partial charge in [-0.1, -0.05) is 30.3 Å². The summed E-state index contributed by atoms with van der Waals surface area (Å²) in [4.78, 5) is 28.0. The Labute approximate surface area is 169 Å². The molecular formula is C23H23FN2O3. The first-order valence-electron chi connectivity index (χ1n) is 9.26. The number of rotatable bonds is 5. The molecule has 0 aliphatic carbocycles. The summed E-state index contributed by atoms with van der Waals surface area (Å²) < 4.78 is 18.8. The molecule has 1 atom stereocenters. The minimum absolute atomic E-state index is 0.0822. The standard InChI is InChI=1S/C23H23FN2O3/c1-23(2,3)25-21(27)20(16-8-5-4-6-9-16)26(18-13-11-17(24)12-14-18)22(28)19-10-7-15-29-19/h4-15,20H,1-3H3,(H,25,27). The molecule has 0 radical (unpaired) electrons. The van der Waals surface area contributed by atoms with Crippen LogP contribution in [0.1, 0.15) is 42.9 Å². The minimum atomic E-state index is -0.974. The van der Waals surface area contributed by atoms with E-state index in [0.717, 1.165) is 0 Å². The van der Waals surface area contributed by atoms with Crippen molar-refractivity contribution in [3.8, 4) is 0 Å². The van der Waals surface area contributed by atoms with E-state index in [0.29, 0.717) is 11.3 Å². The highest BCUT2D eigenvalue weighted by Gasteiger charge is 2.35. The van der Waals surface area contributed by atoms with Crippen LogP contribution in [0, 0.1) is 5.82 Å². The van der Waals surface area contributed by atoms with Crippen LogP contribution in [-0.2, 0) is 4.79 Å². The van der Waals surface area contributed by atoms with Crippen LogP contribution in [0.25, 0.3) is 0 Å². The summed E-state index contributed by atoms with van der Waals surface area (Å²) in [7, 11) is 0. The molecule has 0 fully saturated rings. The molecule has 2 amide bonds. The number of carbonyl (C=O) groups is 2. The number of halogens is 1. The number of hydrogen-bond acceptors (Lipinski definition) is 3. The number of amides is 2. The molecule has 1 aromatic heterocycles. The van der Waals surface area contributed by atoms with Gasteiger partial charge in [0.25, 0.3) is 5.91 Å². The maximum Gasteiger partial charge on any atom is 0.294 e. The lowest BCUT2D eigenvalue weighted by Crippen LogP contribution is -2.49. The van der Waals surface area contributed by atoms with Crippen molar-refractivity contribution in [2.24, 2.45) is 0 Å². The molecule has 3 aromatic rings. The second kappa shape index (κ2) is 8.31. The summed E-state index contributed by atoms with van der Waals surface area (Å²) in [6.07, 6.45) is 1.39. The van der Waals surface area contributed by atoms with E-state index in [2.05, 4.69) is 5.32 Å². The first-order valence-corrected chi connectivity index (χ1v) is 9.26. The van der Waals surface area contributed by atoms with E-state index in [4.69, 9.17) is 4.42 Å². The highest BCUT2D eigenvalue weighted by atomic mass is 19.1. The van der Waals surface area contributed by atoms with Gasteiger partial charge >= 0.3 is 0 Å². The molecule has 0 aliphatic rings. The molecule has 5 nitrogen and oxygen atoms in total. The highest BCUT2D eigenvalue weighted by molar-refractivity contribution is 6.08. The lowest BCUT2D eigenvalue weighted by molar-refractivity contribution is -0.123. The molecule has 0 bridgehead atoms. The molecule has 2 aromatic carbocycles. The van der Waals surface area contributed by atoms with Gasteiger partial charge in [-0.15, -0.1) is 0 Å². The van der Waals surface area contributed by atoms with Gasteiger partial charge in [-0.25, -0.2) is 4.39 Å². The Morgan fingerprint density at radius 3 is 2.17 bits per heavy atom. The van der Waals surface area contributed by atoms with Crippen LogP contribution in [0.4, 0.5) is 10.1 Å². The van der Waals surface area contributed by atoms with Gasteiger partial charge in [-0.05, 0) is 62.7 Å². The Bertz CT molecular complexity index is 962. The number of carbonyl (C=O) groups excluding carboxylic acids is 2. The predicted molar refractivity (Wildman–Crippen MR) is 109 cm³/mol. The maximum atomic E-state index is 13.5. The van der Waals surface area contributed by atoms with Crippen LogP contribution in [-0.4, -0.2) is 17.4 Å². The van der Waals surface area contributed by atoms with Crippen LogP contribution < -0.4 is 10.2 Å². The molecule has 29 heavy (non-hydrogen) atoms. The molecule has 150 valence electrons. The van der Waals surface area contributed by atoms with Crippen LogP contribution in [0.15, 0.2) is 77.4 Å². The van der Waals surface area contributed by atoms with Crippen LogP contribution >= 0.6 is 0 Å². The van der Waals surface area contributed by atoms with Gasteiger partial charge in [-0.2, -0.15) is 0 Å². The molecule has 1 heterocycles. The van der Waals surface area contributed by atoms with E-state index in [1.807, 2.05) is 26.8 Å². The Kier molecular flexibility index (Phi) is 5.82. The molecule has 0 saturated heterocycles. The van der Waals surface area contributed by atoms with E-state index in [1.165, 1.54) is 41.5 Å². The summed E-state index contributed by atoms with van der Waals surface area (Å²) in [5.41, 5.74) is 0.496. The second-order valence-electron chi connectivity index (χ2n) is 7.68. The van der Waals surface area contributed by atoms with Crippen molar-refractivity contribution in [2.45, 2.75) is 32.4 Å². The van der Waals surface area contributed by atoms with E-state index in [-0.39, 0.29) is 11.7 Å². The first kappa shape index (κ1) is 20.3. The van der Waals surface area contributed by atoms with Gasteiger partial charge < -0.3 is 9.73 Å². The van der Waals surface area contributed by atoms with Crippen LogP contribution in [0.2, 0.25) is 0 Å². The smallest absolute Gasteiger partial charge is 0.294 e. The third kappa shape index (κ3) is 4.90. The van der Waals surface area contributed by atoms with Crippen molar-refractivity contribution in [1.29, 1.82) is 0 Å². The van der Waals surface area contributed by atoms with Gasteiger partial charge in [0.1, 0.15) is 11.9 Å². The lowest BCUT2D eigenvalue weighted by atomic mass is 10.0. The van der Waals surface area contributed by atoms with Crippen molar-refractivity contribution >= 4 is 17.5 Å². The summed E-state index contributed by atoms with van der Waals surface area (Å²) in [6.45, 7) is 5.59. The number of nitrogens with one attached hydrogen (secondary N) is 1. The number of furan rings is 1. The Morgan fingerprint density at radius 1 is 0.966 bits per heavy atom. The van der Waals surface area contributed by atoms with Crippen molar-refractivity contribution in [2.75, 3.05) is 4.90 Å². The zero-order valence-electron chi connectivity index (χ0n) is 16.6. The zero-order chi connectivity index (χ0) is 21.0. The molecule has 0 aliphatic heterocycles. The fourth-order valence-corrected chi connectivity index (χ4v) is 3.00. The quantitative estimate of drug-likeness (QED) is 0.681. The van der Waals surface area contributed by atoms with Gasteiger partial charge in [0.05, 0.1) is 6.26 Å². The summed E-state index contributed by atoms with van der Waals surface area (Å²) in [6, 6.07) is 16.6.